The number of hydrogen-bond donors (Lipinski definition) is 0. The van der Waals surface area contributed by atoms with Crippen LogP contribution in [0, 0.1) is 12.7 Å². The summed E-state index contributed by atoms with van der Waals surface area (Å²) in [5.41, 5.74) is 1.79. The van der Waals surface area contributed by atoms with E-state index in [9.17, 15) is 9.18 Å². The van der Waals surface area contributed by atoms with Crippen molar-refractivity contribution in [2.75, 3.05) is 0 Å². The van der Waals surface area contributed by atoms with Crippen LogP contribution in [-0.2, 0) is 4.74 Å². The number of carbonyl (C=O) groups is 1. The summed E-state index contributed by atoms with van der Waals surface area (Å²) in [4.78, 5) is 12.3. The SMILES string of the molecule is CC.Cc1ccc(-c2ccccc2C(=O)OC(C)(C)C)cc1F. The first kappa shape index (κ1) is 18.9. The minimum Gasteiger partial charge on any atom is -0.456 e. The van der Waals surface area contributed by atoms with Crippen LogP contribution < -0.4 is 0 Å². The molecule has 2 aromatic rings. The second-order valence-electron chi connectivity index (χ2n) is 6.01. The van der Waals surface area contributed by atoms with Crippen molar-refractivity contribution >= 4 is 5.97 Å². The van der Waals surface area contributed by atoms with Crippen LogP contribution in [0.4, 0.5) is 4.39 Å². The Bertz CT molecular complexity index is 670. The highest BCUT2D eigenvalue weighted by Gasteiger charge is 2.20. The molecule has 0 unspecified atom stereocenters. The molecule has 0 heterocycles. The van der Waals surface area contributed by atoms with Crippen molar-refractivity contribution in [1.82, 2.24) is 0 Å². The normalized spacial score (nSPS) is 10.6. The summed E-state index contributed by atoms with van der Waals surface area (Å²) in [5, 5.41) is 0. The summed E-state index contributed by atoms with van der Waals surface area (Å²) in [6.07, 6.45) is 0. The molecule has 23 heavy (non-hydrogen) atoms. The standard InChI is InChI=1S/C18H19FO2.C2H6/c1-12-9-10-13(11-16(12)19)14-7-5-6-8-15(14)17(20)21-18(2,3)4;1-2/h5-11H,1-4H3;1-2H3. The Morgan fingerprint density at radius 1 is 1.04 bits per heavy atom. The van der Waals surface area contributed by atoms with E-state index in [0.717, 1.165) is 0 Å². The summed E-state index contributed by atoms with van der Waals surface area (Å²) in [7, 11) is 0. The van der Waals surface area contributed by atoms with Crippen molar-refractivity contribution < 1.29 is 13.9 Å². The molecule has 0 N–H and O–H groups in total. The number of benzene rings is 2. The van der Waals surface area contributed by atoms with Crippen molar-refractivity contribution in [2.24, 2.45) is 0 Å². The molecule has 0 saturated heterocycles. The topological polar surface area (TPSA) is 26.3 Å². The number of carbonyl (C=O) groups excluding carboxylic acids is 1. The number of halogens is 1. The molecule has 2 aromatic carbocycles. The van der Waals surface area contributed by atoms with E-state index in [1.54, 1.807) is 31.2 Å². The number of esters is 1. The zero-order chi connectivity index (χ0) is 17.6. The molecule has 3 heteroatoms. The first-order chi connectivity index (χ1) is 10.8. The quantitative estimate of drug-likeness (QED) is 0.656. The Kier molecular flexibility index (Phi) is 6.49. The Balaban J connectivity index is 0.00000127. The first-order valence-electron chi connectivity index (χ1n) is 7.87. The zero-order valence-electron chi connectivity index (χ0n) is 14.7. The lowest BCUT2D eigenvalue weighted by atomic mass is 9.98. The highest BCUT2D eigenvalue weighted by molar-refractivity contribution is 5.97. The fourth-order valence-corrected chi connectivity index (χ4v) is 2.01. The molecular weight excluding hydrogens is 291 g/mol. The van der Waals surface area contributed by atoms with E-state index >= 15 is 0 Å². The third kappa shape index (κ3) is 5.20. The fourth-order valence-electron chi connectivity index (χ4n) is 2.01. The van der Waals surface area contributed by atoms with Gasteiger partial charge in [0.15, 0.2) is 0 Å². The molecule has 124 valence electrons. The van der Waals surface area contributed by atoms with Crippen molar-refractivity contribution in [2.45, 2.75) is 47.1 Å². The van der Waals surface area contributed by atoms with E-state index in [1.807, 2.05) is 46.8 Å². The smallest absolute Gasteiger partial charge is 0.339 e. The third-order valence-electron chi connectivity index (χ3n) is 3.03. The van der Waals surface area contributed by atoms with Crippen molar-refractivity contribution in [3.8, 4) is 11.1 Å². The monoisotopic (exact) mass is 316 g/mol. The summed E-state index contributed by atoms with van der Waals surface area (Å²) < 4.78 is 19.2. The second kappa shape index (κ2) is 7.91. The van der Waals surface area contributed by atoms with Gasteiger partial charge in [-0.2, -0.15) is 0 Å². The lowest BCUT2D eigenvalue weighted by Crippen LogP contribution is -2.24. The predicted octanol–water partition coefficient (Wildman–Crippen LogP) is 5.78. The molecular formula is C20H25FO2. The number of ether oxygens (including phenoxy) is 1. The zero-order valence-corrected chi connectivity index (χ0v) is 14.7. The highest BCUT2D eigenvalue weighted by Crippen LogP contribution is 2.27. The van der Waals surface area contributed by atoms with Crippen LogP contribution in [0.1, 0.15) is 50.5 Å². The van der Waals surface area contributed by atoms with Crippen LogP contribution in [0.2, 0.25) is 0 Å². The molecule has 0 saturated carbocycles. The van der Waals surface area contributed by atoms with E-state index in [4.69, 9.17) is 4.74 Å². The molecule has 0 fully saturated rings. The van der Waals surface area contributed by atoms with Gasteiger partial charge in [-0.05, 0) is 56.5 Å². The molecule has 0 radical (unpaired) electrons. The van der Waals surface area contributed by atoms with Crippen LogP contribution in [0.25, 0.3) is 11.1 Å². The molecule has 0 aromatic heterocycles. The van der Waals surface area contributed by atoms with Gasteiger partial charge in [-0.1, -0.05) is 44.2 Å². The number of rotatable bonds is 2. The van der Waals surface area contributed by atoms with Gasteiger partial charge in [-0.3, -0.25) is 0 Å². The minimum absolute atomic E-state index is 0.286. The Morgan fingerprint density at radius 2 is 1.65 bits per heavy atom. The Labute approximate surface area is 138 Å². The van der Waals surface area contributed by atoms with Gasteiger partial charge in [0.05, 0.1) is 5.56 Å². The summed E-state index contributed by atoms with van der Waals surface area (Å²) >= 11 is 0. The van der Waals surface area contributed by atoms with Crippen molar-refractivity contribution in [3.63, 3.8) is 0 Å². The van der Waals surface area contributed by atoms with Crippen molar-refractivity contribution in [3.05, 3.63) is 59.4 Å². The molecule has 0 atom stereocenters. The molecule has 2 rings (SSSR count). The first-order valence-corrected chi connectivity index (χ1v) is 7.87. The lowest BCUT2D eigenvalue weighted by Gasteiger charge is -2.20. The van der Waals surface area contributed by atoms with E-state index in [0.29, 0.717) is 22.3 Å². The largest absolute Gasteiger partial charge is 0.456 e. The van der Waals surface area contributed by atoms with Crippen LogP contribution in [0.15, 0.2) is 42.5 Å². The average molecular weight is 316 g/mol. The van der Waals surface area contributed by atoms with Gasteiger partial charge >= 0.3 is 5.97 Å². The maximum absolute atomic E-state index is 13.8. The second-order valence-corrected chi connectivity index (χ2v) is 6.01. The summed E-state index contributed by atoms with van der Waals surface area (Å²) in [6, 6.07) is 12.0. The predicted molar refractivity (Wildman–Crippen MR) is 93.1 cm³/mol. The summed E-state index contributed by atoms with van der Waals surface area (Å²) in [6.45, 7) is 11.2. The molecule has 0 spiro atoms. The van der Waals surface area contributed by atoms with Crippen molar-refractivity contribution in [1.29, 1.82) is 0 Å². The van der Waals surface area contributed by atoms with Crippen LogP contribution in [0.5, 0.6) is 0 Å². The minimum atomic E-state index is -0.567. The van der Waals surface area contributed by atoms with Crippen LogP contribution in [0.3, 0.4) is 0 Å². The number of aryl methyl sites for hydroxylation is 1. The van der Waals surface area contributed by atoms with Gasteiger partial charge in [-0.15, -0.1) is 0 Å². The number of hydrogen-bond acceptors (Lipinski definition) is 2. The molecule has 2 nitrogen and oxygen atoms in total. The van der Waals surface area contributed by atoms with E-state index in [2.05, 4.69) is 0 Å². The van der Waals surface area contributed by atoms with Crippen LogP contribution in [-0.4, -0.2) is 11.6 Å². The molecule has 0 amide bonds. The fraction of sp³-hybridized carbons (Fsp3) is 0.350. The van der Waals surface area contributed by atoms with E-state index in [1.165, 1.54) is 6.07 Å². The maximum Gasteiger partial charge on any atom is 0.339 e. The van der Waals surface area contributed by atoms with Gasteiger partial charge in [0.25, 0.3) is 0 Å². The molecule has 0 aliphatic heterocycles. The molecule has 0 aliphatic carbocycles. The lowest BCUT2D eigenvalue weighted by molar-refractivity contribution is 0.00704. The molecule has 0 aliphatic rings. The van der Waals surface area contributed by atoms with Gasteiger partial charge in [0.2, 0.25) is 0 Å². The summed E-state index contributed by atoms with van der Waals surface area (Å²) in [5.74, 6) is -0.689. The van der Waals surface area contributed by atoms with Gasteiger partial charge in [-0.25, -0.2) is 9.18 Å². The molecule has 0 bridgehead atoms. The van der Waals surface area contributed by atoms with E-state index in [-0.39, 0.29) is 5.82 Å². The average Bonchev–Trinajstić information content (AvgIpc) is 2.50. The maximum atomic E-state index is 13.8. The van der Waals surface area contributed by atoms with Gasteiger partial charge < -0.3 is 4.74 Å². The van der Waals surface area contributed by atoms with Gasteiger partial charge in [0.1, 0.15) is 11.4 Å². The highest BCUT2D eigenvalue weighted by atomic mass is 19.1. The van der Waals surface area contributed by atoms with E-state index < -0.39 is 11.6 Å². The third-order valence-corrected chi connectivity index (χ3v) is 3.03. The Morgan fingerprint density at radius 3 is 2.22 bits per heavy atom. The Hall–Kier alpha value is -2.16. The van der Waals surface area contributed by atoms with Crippen LogP contribution >= 0.6 is 0 Å². The van der Waals surface area contributed by atoms with Gasteiger partial charge in [0, 0.05) is 0 Å².